The monoisotopic (exact) mass is 439 g/mol. The Morgan fingerprint density at radius 1 is 0.750 bits per heavy atom. The number of carbonyl (C=O) groups is 2. The lowest BCUT2D eigenvalue weighted by atomic mass is 10.1. The molecule has 5 nitrogen and oxygen atoms in total. The molecule has 0 radical (unpaired) electrons. The van der Waals surface area contributed by atoms with Crippen molar-refractivity contribution < 1.29 is 19.1 Å². The first kappa shape index (κ1) is 25.4. The van der Waals surface area contributed by atoms with Crippen molar-refractivity contribution in [2.75, 3.05) is 18.5 Å². The summed E-state index contributed by atoms with van der Waals surface area (Å²) in [5.74, 6) is -0.00465. The second-order valence-electron chi connectivity index (χ2n) is 7.99. The number of carbonyl (C=O) groups excluding carboxylic acids is 2. The molecule has 174 valence electrons. The number of hydrogen-bond donors (Lipinski definition) is 1. The fraction of sp³-hybridized carbons (Fsp3) is 0.481. The van der Waals surface area contributed by atoms with Gasteiger partial charge in [0.1, 0.15) is 5.75 Å². The van der Waals surface area contributed by atoms with Crippen LogP contribution in [0.4, 0.5) is 5.69 Å². The Balaban J connectivity index is 1.81. The number of ether oxygens (including phenoxy) is 2. The topological polar surface area (TPSA) is 64.6 Å². The summed E-state index contributed by atoms with van der Waals surface area (Å²) in [7, 11) is 0. The Morgan fingerprint density at radius 2 is 1.41 bits per heavy atom. The maximum Gasteiger partial charge on any atom is 0.338 e. The van der Waals surface area contributed by atoms with E-state index in [1.54, 1.807) is 30.3 Å². The van der Waals surface area contributed by atoms with E-state index in [2.05, 4.69) is 12.2 Å². The number of unbranched alkanes of at least 4 members (excludes halogenated alkanes) is 7. The molecule has 2 aromatic carbocycles. The summed E-state index contributed by atoms with van der Waals surface area (Å²) in [6.07, 6.45) is 10.7. The summed E-state index contributed by atoms with van der Waals surface area (Å²) in [4.78, 5) is 24.7. The van der Waals surface area contributed by atoms with Gasteiger partial charge in [-0.15, -0.1) is 0 Å². The molecule has 0 aliphatic rings. The van der Waals surface area contributed by atoms with Gasteiger partial charge in [-0.2, -0.15) is 0 Å². The molecule has 0 aliphatic heterocycles. The molecule has 1 amide bonds. The van der Waals surface area contributed by atoms with Crippen molar-refractivity contribution in [1.82, 2.24) is 0 Å². The summed E-state index contributed by atoms with van der Waals surface area (Å²) >= 11 is 0. The number of benzene rings is 2. The zero-order chi connectivity index (χ0) is 23.0. The van der Waals surface area contributed by atoms with Crippen LogP contribution in [0.1, 0.15) is 92.4 Å². The highest BCUT2D eigenvalue weighted by atomic mass is 16.5. The van der Waals surface area contributed by atoms with Gasteiger partial charge in [0, 0.05) is 5.69 Å². The summed E-state index contributed by atoms with van der Waals surface area (Å²) in [5, 5.41) is 2.87. The molecule has 0 heterocycles. The first-order chi connectivity index (χ1) is 15.7. The van der Waals surface area contributed by atoms with E-state index < -0.39 is 0 Å². The quantitative estimate of drug-likeness (QED) is 0.239. The van der Waals surface area contributed by atoms with Crippen LogP contribution in [0.15, 0.2) is 48.5 Å². The molecule has 2 aromatic rings. The molecule has 0 saturated heterocycles. The second kappa shape index (κ2) is 15.1. The van der Waals surface area contributed by atoms with Crippen LogP contribution in [0.5, 0.6) is 5.75 Å². The summed E-state index contributed by atoms with van der Waals surface area (Å²) in [6.45, 7) is 5.18. The number of esters is 1. The van der Waals surface area contributed by atoms with E-state index in [0.717, 1.165) is 19.3 Å². The first-order valence-electron chi connectivity index (χ1n) is 12.0. The molecule has 0 atom stereocenters. The number of nitrogens with one attached hydrogen (secondary N) is 1. The van der Waals surface area contributed by atoms with Gasteiger partial charge in [-0.1, -0.05) is 70.9 Å². The molecular formula is C27H37NO4. The minimum Gasteiger partial charge on any atom is -0.493 e. The predicted octanol–water partition coefficient (Wildman–Crippen LogP) is 7.03. The van der Waals surface area contributed by atoms with Crippen molar-refractivity contribution in [3.05, 3.63) is 59.7 Å². The van der Waals surface area contributed by atoms with E-state index in [1.807, 2.05) is 25.1 Å². The van der Waals surface area contributed by atoms with Crippen molar-refractivity contribution in [3.8, 4) is 5.75 Å². The van der Waals surface area contributed by atoms with Gasteiger partial charge in [0.05, 0.1) is 24.3 Å². The average molecular weight is 440 g/mol. The number of hydrogen-bond acceptors (Lipinski definition) is 4. The largest absolute Gasteiger partial charge is 0.493 e. The third kappa shape index (κ3) is 9.13. The number of amides is 1. The van der Waals surface area contributed by atoms with Gasteiger partial charge in [0.25, 0.3) is 5.91 Å². The first-order valence-corrected chi connectivity index (χ1v) is 12.0. The van der Waals surface area contributed by atoms with Gasteiger partial charge in [0.2, 0.25) is 0 Å². The minimum absolute atomic E-state index is 0.238. The fourth-order valence-corrected chi connectivity index (χ4v) is 3.36. The van der Waals surface area contributed by atoms with Gasteiger partial charge in [-0.3, -0.25) is 4.79 Å². The number of anilines is 1. The van der Waals surface area contributed by atoms with Gasteiger partial charge >= 0.3 is 5.97 Å². The van der Waals surface area contributed by atoms with E-state index in [4.69, 9.17) is 9.47 Å². The average Bonchev–Trinajstić information content (AvgIpc) is 2.82. The van der Waals surface area contributed by atoms with E-state index in [0.29, 0.717) is 35.8 Å². The lowest BCUT2D eigenvalue weighted by Gasteiger charge is -2.12. The molecule has 0 aliphatic carbocycles. The molecule has 2 rings (SSSR count). The van der Waals surface area contributed by atoms with Crippen molar-refractivity contribution in [2.24, 2.45) is 0 Å². The van der Waals surface area contributed by atoms with Gasteiger partial charge in [-0.05, 0) is 49.2 Å². The highest BCUT2D eigenvalue weighted by Crippen LogP contribution is 2.21. The van der Waals surface area contributed by atoms with E-state index in [-0.39, 0.29) is 11.9 Å². The normalized spacial score (nSPS) is 10.6. The molecule has 5 heteroatoms. The number of para-hydroxylation sites is 1. The van der Waals surface area contributed by atoms with Crippen molar-refractivity contribution in [2.45, 2.75) is 71.6 Å². The Bertz CT molecular complexity index is 817. The van der Waals surface area contributed by atoms with Crippen LogP contribution in [-0.2, 0) is 4.74 Å². The standard InChI is InChI=1S/C27H37NO4/c1-3-5-6-7-8-9-10-13-21-31-25-15-12-11-14-24(25)26(29)28-23-18-16-22(17-19-23)27(30)32-20-4-2/h11-12,14-19H,3-10,13,20-21H2,1-2H3,(H,28,29). The summed E-state index contributed by atoms with van der Waals surface area (Å²) < 4.78 is 11.0. The van der Waals surface area contributed by atoms with Crippen LogP contribution >= 0.6 is 0 Å². The Morgan fingerprint density at radius 3 is 2.09 bits per heavy atom. The van der Waals surface area contributed by atoms with Crippen LogP contribution in [0.3, 0.4) is 0 Å². The van der Waals surface area contributed by atoms with E-state index >= 15 is 0 Å². The van der Waals surface area contributed by atoms with Gasteiger partial charge in [0.15, 0.2) is 0 Å². The maximum absolute atomic E-state index is 12.8. The molecule has 0 saturated carbocycles. The molecule has 0 spiro atoms. The minimum atomic E-state index is -0.357. The lowest BCUT2D eigenvalue weighted by Crippen LogP contribution is -2.14. The molecule has 1 N–H and O–H groups in total. The third-order valence-corrected chi connectivity index (χ3v) is 5.20. The Labute approximate surface area is 192 Å². The Kier molecular flexibility index (Phi) is 12.0. The van der Waals surface area contributed by atoms with Crippen LogP contribution in [0, 0.1) is 0 Å². The third-order valence-electron chi connectivity index (χ3n) is 5.20. The number of rotatable bonds is 15. The molecule has 32 heavy (non-hydrogen) atoms. The fourth-order valence-electron chi connectivity index (χ4n) is 3.36. The van der Waals surface area contributed by atoms with Crippen molar-refractivity contribution in [3.63, 3.8) is 0 Å². The van der Waals surface area contributed by atoms with Gasteiger partial charge in [-0.25, -0.2) is 4.79 Å². The summed E-state index contributed by atoms with van der Waals surface area (Å²) in [5.41, 5.74) is 1.57. The molecule has 0 aromatic heterocycles. The van der Waals surface area contributed by atoms with Crippen LogP contribution in [-0.4, -0.2) is 25.1 Å². The van der Waals surface area contributed by atoms with Crippen molar-refractivity contribution >= 4 is 17.6 Å². The molecule has 0 fully saturated rings. The Hall–Kier alpha value is -2.82. The smallest absolute Gasteiger partial charge is 0.338 e. The predicted molar refractivity (Wildman–Crippen MR) is 130 cm³/mol. The highest BCUT2D eigenvalue weighted by Gasteiger charge is 2.13. The van der Waals surface area contributed by atoms with Crippen molar-refractivity contribution in [1.29, 1.82) is 0 Å². The maximum atomic E-state index is 12.8. The lowest BCUT2D eigenvalue weighted by molar-refractivity contribution is 0.0505. The van der Waals surface area contributed by atoms with Gasteiger partial charge < -0.3 is 14.8 Å². The van der Waals surface area contributed by atoms with Crippen LogP contribution < -0.4 is 10.1 Å². The molecule has 0 bridgehead atoms. The van der Waals surface area contributed by atoms with E-state index in [1.165, 1.54) is 38.5 Å². The summed E-state index contributed by atoms with van der Waals surface area (Å²) in [6, 6.07) is 14.0. The van der Waals surface area contributed by atoms with Crippen LogP contribution in [0.2, 0.25) is 0 Å². The SMILES string of the molecule is CCCCCCCCCCOc1ccccc1C(=O)Nc1ccc(C(=O)OCCC)cc1. The van der Waals surface area contributed by atoms with E-state index in [9.17, 15) is 9.59 Å². The second-order valence-corrected chi connectivity index (χ2v) is 7.99. The van der Waals surface area contributed by atoms with Crippen LogP contribution in [0.25, 0.3) is 0 Å². The highest BCUT2D eigenvalue weighted by molar-refractivity contribution is 6.06. The molecule has 0 unspecified atom stereocenters. The zero-order valence-corrected chi connectivity index (χ0v) is 19.5. The zero-order valence-electron chi connectivity index (χ0n) is 19.5. The molecular weight excluding hydrogens is 402 g/mol.